The fraction of sp³-hybridized carbons (Fsp3) is 0.588. The third-order valence-electron chi connectivity index (χ3n) is 4.79. The molecule has 2 aliphatic rings. The summed E-state index contributed by atoms with van der Waals surface area (Å²) < 4.78 is 0. The second kappa shape index (κ2) is 7.28. The van der Waals surface area contributed by atoms with Gasteiger partial charge in [0.25, 0.3) is 5.91 Å². The van der Waals surface area contributed by atoms with Gasteiger partial charge in [-0.2, -0.15) is 0 Å². The monoisotopic (exact) mass is 308 g/mol. The van der Waals surface area contributed by atoms with Gasteiger partial charge in [0.15, 0.2) is 0 Å². The lowest BCUT2D eigenvalue weighted by Gasteiger charge is -2.29. The molecule has 0 bridgehead atoms. The van der Waals surface area contributed by atoms with Gasteiger partial charge in [-0.3, -0.25) is 4.79 Å². The first-order chi connectivity index (χ1) is 9.76. The third-order valence-corrected chi connectivity index (χ3v) is 4.79. The normalized spacial score (nSPS) is 24.0. The maximum Gasteiger partial charge on any atom is 0.251 e. The van der Waals surface area contributed by atoms with Crippen molar-refractivity contribution in [1.29, 1.82) is 0 Å². The number of carbonyl (C=O) groups is 1. The van der Waals surface area contributed by atoms with Gasteiger partial charge in [0.1, 0.15) is 0 Å². The Labute approximate surface area is 133 Å². The van der Waals surface area contributed by atoms with Gasteiger partial charge >= 0.3 is 0 Å². The van der Waals surface area contributed by atoms with Gasteiger partial charge in [0.2, 0.25) is 0 Å². The molecule has 2 unspecified atom stereocenters. The van der Waals surface area contributed by atoms with Crippen LogP contribution in [0.3, 0.4) is 0 Å². The van der Waals surface area contributed by atoms with Crippen molar-refractivity contribution in [3.8, 4) is 0 Å². The molecule has 0 spiro atoms. The largest absolute Gasteiger partial charge is 0.349 e. The van der Waals surface area contributed by atoms with Crippen LogP contribution in [0.1, 0.15) is 60.5 Å². The van der Waals surface area contributed by atoms with Crippen LogP contribution in [0.2, 0.25) is 0 Å². The van der Waals surface area contributed by atoms with Crippen LogP contribution in [0, 0.1) is 5.92 Å². The molecule has 1 saturated carbocycles. The number of amides is 1. The van der Waals surface area contributed by atoms with Gasteiger partial charge in [0.05, 0.1) is 0 Å². The van der Waals surface area contributed by atoms with Crippen molar-refractivity contribution < 1.29 is 4.79 Å². The summed E-state index contributed by atoms with van der Waals surface area (Å²) >= 11 is 0. The Hall–Kier alpha value is -1.06. The van der Waals surface area contributed by atoms with Crippen LogP contribution in [-0.2, 0) is 13.1 Å². The lowest BCUT2D eigenvalue weighted by atomic mass is 9.84. The predicted molar refractivity (Wildman–Crippen MR) is 87.7 cm³/mol. The van der Waals surface area contributed by atoms with Crippen LogP contribution in [0.25, 0.3) is 0 Å². The van der Waals surface area contributed by atoms with Crippen molar-refractivity contribution >= 4 is 18.3 Å². The number of nitrogens with one attached hydrogen (secondary N) is 2. The second-order valence-electron chi connectivity index (χ2n) is 6.20. The Balaban J connectivity index is 0.00000161. The highest BCUT2D eigenvalue weighted by atomic mass is 35.5. The molecule has 1 fully saturated rings. The predicted octanol–water partition coefficient (Wildman–Crippen LogP) is 3.41. The van der Waals surface area contributed by atoms with E-state index in [0.29, 0.717) is 6.04 Å². The molecule has 0 saturated heterocycles. The minimum absolute atomic E-state index is 0. The van der Waals surface area contributed by atoms with E-state index in [2.05, 4.69) is 23.6 Å². The Kier molecular flexibility index (Phi) is 5.65. The molecular formula is C17H25ClN2O. The summed E-state index contributed by atoms with van der Waals surface area (Å²) in [6.45, 7) is 4.07. The summed E-state index contributed by atoms with van der Waals surface area (Å²) in [5.41, 5.74) is 3.41. The van der Waals surface area contributed by atoms with Gasteiger partial charge in [-0.1, -0.05) is 32.3 Å². The third kappa shape index (κ3) is 3.78. The molecule has 0 radical (unpaired) electrons. The molecule has 4 heteroatoms. The van der Waals surface area contributed by atoms with Gasteiger partial charge in [-0.25, -0.2) is 0 Å². The fourth-order valence-electron chi connectivity index (χ4n) is 3.50. The summed E-state index contributed by atoms with van der Waals surface area (Å²) in [6, 6.07) is 6.46. The number of hydrogen-bond donors (Lipinski definition) is 2. The van der Waals surface area contributed by atoms with Crippen molar-refractivity contribution in [2.75, 3.05) is 0 Å². The zero-order valence-corrected chi connectivity index (χ0v) is 13.5. The molecule has 1 amide bonds. The van der Waals surface area contributed by atoms with Crippen LogP contribution in [0.15, 0.2) is 18.2 Å². The molecule has 1 aliphatic heterocycles. The van der Waals surface area contributed by atoms with E-state index in [1.54, 1.807) is 0 Å². The SMILES string of the molecule is CCC1CCCC(NC(=O)c2ccc3c(c2)CNC3)C1.Cl. The highest BCUT2D eigenvalue weighted by Gasteiger charge is 2.23. The van der Waals surface area contributed by atoms with E-state index in [1.165, 1.54) is 30.4 Å². The minimum Gasteiger partial charge on any atom is -0.349 e. The highest BCUT2D eigenvalue weighted by molar-refractivity contribution is 5.94. The van der Waals surface area contributed by atoms with Crippen LogP contribution < -0.4 is 10.6 Å². The van der Waals surface area contributed by atoms with E-state index < -0.39 is 0 Å². The maximum absolute atomic E-state index is 12.4. The summed E-state index contributed by atoms with van der Waals surface area (Å²) in [4.78, 5) is 12.4. The molecule has 1 aliphatic carbocycles. The molecule has 1 aromatic rings. The highest BCUT2D eigenvalue weighted by Crippen LogP contribution is 2.27. The van der Waals surface area contributed by atoms with E-state index in [-0.39, 0.29) is 18.3 Å². The van der Waals surface area contributed by atoms with Gasteiger partial charge in [-0.05, 0) is 42.0 Å². The maximum atomic E-state index is 12.4. The van der Waals surface area contributed by atoms with E-state index in [0.717, 1.165) is 37.4 Å². The van der Waals surface area contributed by atoms with Crippen molar-refractivity contribution in [3.05, 3.63) is 34.9 Å². The average molecular weight is 309 g/mol. The molecule has 21 heavy (non-hydrogen) atoms. The minimum atomic E-state index is 0. The van der Waals surface area contributed by atoms with Gasteiger partial charge in [-0.15, -0.1) is 12.4 Å². The summed E-state index contributed by atoms with van der Waals surface area (Å²) in [7, 11) is 0. The molecular weight excluding hydrogens is 284 g/mol. The number of benzene rings is 1. The smallest absolute Gasteiger partial charge is 0.251 e. The molecule has 1 aromatic carbocycles. The van der Waals surface area contributed by atoms with Crippen molar-refractivity contribution in [1.82, 2.24) is 10.6 Å². The Morgan fingerprint density at radius 1 is 1.29 bits per heavy atom. The van der Waals surface area contributed by atoms with E-state index in [1.807, 2.05) is 12.1 Å². The van der Waals surface area contributed by atoms with Crippen LogP contribution in [-0.4, -0.2) is 11.9 Å². The van der Waals surface area contributed by atoms with E-state index >= 15 is 0 Å². The van der Waals surface area contributed by atoms with Crippen LogP contribution in [0.4, 0.5) is 0 Å². The molecule has 2 N–H and O–H groups in total. The number of carbonyl (C=O) groups excluding carboxylic acids is 1. The molecule has 116 valence electrons. The fourth-order valence-corrected chi connectivity index (χ4v) is 3.50. The first kappa shape index (κ1) is 16.3. The first-order valence-corrected chi connectivity index (χ1v) is 7.89. The molecule has 2 atom stereocenters. The lowest BCUT2D eigenvalue weighted by Crippen LogP contribution is -2.38. The van der Waals surface area contributed by atoms with Crippen molar-refractivity contribution in [3.63, 3.8) is 0 Å². The quantitative estimate of drug-likeness (QED) is 0.898. The molecule has 1 heterocycles. The van der Waals surface area contributed by atoms with Crippen molar-refractivity contribution in [2.24, 2.45) is 5.92 Å². The first-order valence-electron chi connectivity index (χ1n) is 7.89. The van der Waals surface area contributed by atoms with Crippen LogP contribution in [0.5, 0.6) is 0 Å². The standard InChI is InChI=1S/C17H24N2O.ClH/c1-2-12-4-3-5-16(8-12)19-17(20)13-6-7-14-10-18-11-15(14)9-13;/h6-7,9,12,16,18H,2-5,8,10-11H2,1H3,(H,19,20);1H. The zero-order chi connectivity index (χ0) is 13.9. The summed E-state index contributed by atoms with van der Waals surface area (Å²) in [5, 5.41) is 6.55. The number of rotatable bonds is 3. The van der Waals surface area contributed by atoms with E-state index in [4.69, 9.17) is 0 Å². The van der Waals surface area contributed by atoms with E-state index in [9.17, 15) is 4.79 Å². The number of fused-ring (bicyclic) bond motifs is 1. The molecule has 0 aromatic heterocycles. The van der Waals surface area contributed by atoms with Crippen LogP contribution >= 0.6 is 12.4 Å². The Morgan fingerprint density at radius 3 is 2.90 bits per heavy atom. The molecule has 3 rings (SSSR count). The topological polar surface area (TPSA) is 41.1 Å². The van der Waals surface area contributed by atoms with Gasteiger partial charge < -0.3 is 10.6 Å². The lowest BCUT2D eigenvalue weighted by molar-refractivity contribution is 0.0919. The average Bonchev–Trinajstić information content (AvgIpc) is 2.94. The summed E-state index contributed by atoms with van der Waals surface area (Å²) in [5.74, 6) is 0.889. The Morgan fingerprint density at radius 2 is 2.10 bits per heavy atom. The number of hydrogen-bond acceptors (Lipinski definition) is 2. The van der Waals surface area contributed by atoms with Crippen molar-refractivity contribution in [2.45, 2.75) is 58.2 Å². The van der Waals surface area contributed by atoms with Gasteiger partial charge in [0, 0.05) is 24.7 Å². The zero-order valence-electron chi connectivity index (χ0n) is 12.7. The Bertz CT molecular complexity index is 504. The summed E-state index contributed by atoms with van der Waals surface area (Å²) in [6.07, 6.45) is 6.09. The molecule has 3 nitrogen and oxygen atoms in total. The second-order valence-corrected chi connectivity index (χ2v) is 6.20. The number of halogens is 1.